The Labute approximate surface area is 187 Å². The van der Waals surface area contributed by atoms with E-state index in [0.717, 1.165) is 31.5 Å². The van der Waals surface area contributed by atoms with Crippen LogP contribution in [0.15, 0.2) is 12.2 Å². The number of hydrogen-bond acceptors (Lipinski definition) is 5. The van der Waals surface area contributed by atoms with E-state index in [4.69, 9.17) is 14.0 Å². The molecule has 0 aliphatic heterocycles. The van der Waals surface area contributed by atoms with Crippen molar-refractivity contribution in [1.29, 1.82) is 0 Å². The third kappa shape index (κ3) is 13.5. The van der Waals surface area contributed by atoms with Crippen LogP contribution < -0.4 is 0 Å². The van der Waals surface area contributed by atoms with Gasteiger partial charge in [0, 0.05) is 33.7 Å². The van der Waals surface area contributed by atoms with Gasteiger partial charge in [-0.2, -0.15) is 0 Å². The van der Waals surface area contributed by atoms with E-state index < -0.39 is 24.7 Å². The molecule has 0 heterocycles. The largest absolute Gasteiger partial charge is 0.462 e. The van der Waals surface area contributed by atoms with E-state index in [0.29, 0.717) is 18.7 Å². The number of carbonyl (C=O) groups is 2. The van der Waals surface area contributed by atoms with Crippen LogP contribution in [-0.4, -0.2) is 72.9 Å². The number of ether oxygens (including phenoxy) is 1. The Morgan fingerprint density at radius 1 is 0.933 bits per heavy atom. The van der Waals surface area contributed by atoms with Gasteiger partial charge >= 0.3 is 5.97 Å². The quantitative estimate of drug-likeness (QED) is 0.164. The number of aliphatic hydroxyl groups excluding tert-OH is 1. The molecule has 0 aromatic carbocycles. The lowest BCUT2D eigenvalue weighted by Gasteiger charge is -2.38. The highest BCUT2D eigenvalue weighted by Crippen LogP contribution is 2.29. The minimum Gasteiger partial charge on any atom is -0.462 e. The first-order valence-electron chi connectivity index (χ1n) is 11.0. The summed E-state index contributed by atoms with van der Waals surface area (Å²) in [5, 5.41) is 9.11. The average molecular weight is 476 g/mol. The van der Waals surface area contributed by atoms with E-state index in [9.17, 15) is 9.59 Å². The predicted molar refractivity (Wildman–Crippen MR) is 132 cm³/mol. The van der Waals surface area contributed by atoms with Gasteiger partial charge < -0.3 is 18.9 Å². The molecule has 0 aromatic heterocycles. The minimum atomic E-state index is -1.82. The van der Waals surface area contributed by atoms with Crippen LogP contribution in [0.1, 0.15) is 26.7 Å². The second kappa shape index (κ2) is 12.9. The van der Waals surface area contributed by atoms with Gasteiger partial charge in [-0.15, -0.1) is 0 Å². The lowest BCUT2D eigenvalue weighted by molar-refractivity contribution is -0.139. The number of carbonyl (C=O) groups excluding carboxylic acids is 2. The molecule has 0 aliphatic carbocycles. The number of aliphatic hydroxyl groups is 1. The number of esters is 1. The van der Waals surface area contributed by atoms with E-state index in [1.165, 1.54) is 5.67 Å². The van der Waals surface area contributed by atoms with Crippen LogP contribution in [0.25, 0.3) is 0 Å². The molecule has 0 atom stereocenters. The monoisotopic (exact) mass is 475 g/mol. The minimum absolute atomic E-state index is 0.0142. The molecule has 0 radical (unpaired) electrons. The zero-order valence-corrected chi connectivity index (χ0v) is 23.6. The lowest BCUT2D eigenvalue weighted by Crippen LogP contribution is -2.49. The fraction of sp³-hybridized carbons (Fsp3) is 0.810. The molecular weight excluding hydrogens is 430 g/mol. The summed E-state index contributed by atoms with van der Waals surface area (Å²) in [6.07, 6.45) is 1.81. The van der Waals surface area contributed by atoms with Gasteiger partial charge in [0.15, 0.2) is 16.6 Å². The first kappa shape index (κ1) is 29.3. The van der Waals surface area contributed by atoms with Crippen LogP contribution in [0.4, 0.5) is 0 Å². The molecule has 1 amide bonds. The topological polar surface area (TPSA) is 76.1 Å². The molecule has 0 bridgehead atoms. The maximum absolute atomic E-state index is 11.6. The fourth-order valence-electron chi connectivity index (χ4n) is 4.16. The SMILES string of the molecule is C=C(C)C(=O)OCCC[Si](C)(C)O[Si](C)(C)C[Si](C)(C)CCCN(CCO)C(C)=O. The summed E-state index contributed by atoms with van der Waals surface area (Å²) >= 11 is 0. The molecule has 1 N–H and O–H groups in total. The standard InChI is InChI=1S/C21H45NO5Si3/c1-19(2)21(25)26-15-11-17-29(6,7)27-30(8,9)18-28(4,5)16-10-12-22(13-14-23)20(3)24/h23H,1,10-18H2,2-9H3. The summed E-state index contributed by atoms with van der Waals surface area (Å²) in [5.41, 5.74) is 1.63. The molecular formula is C21H45NO5Si3. The predicted octanol–water partition coefficient (Wildman–Crippen LogP) is 4.40. The Morgan fingerprint density at radius 3 is 2.03 bits per heavy atom. The van der Waals surface area contributed by atoms with Crippen LogP contribution in [0, 0.1) is 0 Å². The van der Waals surface area contributed by atoms with Crippen molar-refractivity contribution in [1.82, 2.24) is 4.90 Å². The zero-order valence-electron chi connectivity index (χ0n) is 20.6. The fourth-order valence-corrected chi connectivity index (χ4v) is 23.5. The van der Waals surface area contributed by atoms with Gasteiger partial charge in [-0.1, -0.05) is 25.7 Å². The second-order valence-electron chi connectivity index (χ2n) is 10.3. The van der Waals surface area contributed by atoms with Crippen molar-refractivity contribution in [2.75, 3.05) is 26.3 Å². The lowest BCUT2D eigenvalue weighted by atomic mass is 10.4. The van der Waals surface area contributed by atoms with Crippen molar-refractivity contribution in [3.05, 3.63) is 12.2 Å². The molecule has 0 aliphatic rings. The summed E-state index contributed by atoms with van der Waals surface area (Å²) in [7, 11) is -5.08. The van der Waals surface area contributed by atoms with Gasteiger partial charge in [0.25, 0.3) is 0 Å². The van der Waals surface area contributed by atoms with Crippen molar-refractivity contribution >= 4 is 36.6 Å². The van der Waals surface area contributed by atoms with Gasteiger partial charge in [0.05, 0.1) is 13.2 Å². The van der Waals surface area contributed by atoms with Crippen LogP contribution in [0.5, 0.6) is 0 Å². The molecule has 0 rings (SSSR count). The highest BCUT2D eigenvalue weighted by molar-refractivity contribution is 6.96. The van der Waals surface area contributed by atoms with E-state index in [1.807, 2.05) is 0 Å². The molecule has 0 spiro atoms. The van der Waals surface area contributed by atoms with E-state index in [-0.39, 0.29) is 18.5 Å². The third-order valence-corrected chi connectivity index (χ3v) is 20.0. The summed E-state index contributed by atoms with van der Waals surface area (Å²) in [6.45, 7) is 22.4. The van der Waals surface area contributed by atoms with E-state index in [1.54, 1.807) is 18.7 Å². The summed E-state index contributed by atoms with van der Waals surface area (Å²) in [4.78, 5) is 24.9. The summed E-state index contributed by atoms with van der Waals surface area (Å²) in [5.74, 6) is -0.289. The van der Waals surface area contributed by atoms with Crippen molar-refractivity contribution in [2.24, 2.45) is 0 Å². The molecule has 0 aromatic rings. The smallest absolute Gasteiger partial charge is 0.333 e. The highest BCUT2D eigenvalue weighted by atomic mass is 28.4. The molecule has 9 heteroatoms. The molecule has 0 unspecified atom stereocenters. The zero-order chi connectivity index (χ0) is 23.6. The Kier molecular flexibility index (Phi) is 12.6. The van der Waals surface area contributed by atoms with Gasteiger partial charge in [0.2, 0.25) is 5.91 Å². The van der Waals surface area contributed by atoms with Crippen LogP contribution >= 0.6 is 0 Å². The molecule has 30 heavy (non-hydrogen) atoms. The van der Waals surface area contributed by atoms with Crippen LogP contribution in [0.2, 0.25) is 57.0 Å². The third-order valence-electron chi connectivity index (χ3n) is 5.06. The van der Waals surface area contributed by atoms with Crippen molar-refractivity contribution in [2.45, 2.75) is 83.7 Å². The van der Waals surface area contributed by atoms with Gasteiger partial charge in [0.1, 0.15) is 0 Å². The Balaban J connectivity index is 4.55. The van der Waals surface area contributed by atoms with Crippen LogP contribution in [-0.2, 0) is 18.4 Å². The van der Waals surface area contributed by atoms with Crippen molar-refractivity contribution in [3.63, 3.8) is 0 Å². The first-order chi connectivity index (χ1) is 13.6. The second-order valence-corrected chi connectivity index (χ2v) is 24.9. The molecule has 0 saturated heterocycles. The maximum Gasteiger partial charge on any atom is 0.333 e. The maximum atomic E-state index is 11.6. The average Bonchev–Trinajstić information content (AvgIpc) is 2.55. The molecule has 0 fully saturated rings. The Hall–Kier alpha value is -0.749. The summed E-state index contributed by atoms with van der Waals surface area (Å²) in [6, 6.07) is 2.13. The number of nitrogens with zero attached hydrogens (tertiary/aromatic N) is 1. The number of amides is 1. The molecule has 176 valence electrons. The van der Waals surface area contributed by atoms with E-state index in [2.05, 4.69) is 45.9 Å². The van der Waals surface area contributed by atoms with E-state index >= 15 is 0 Å². The molecule has 6 nitrogen and oxygen atoms in total. The van der Waals surface area contributed by atoms with Gasteiger partial charge in [-0.3, -0.25) is 4.79 Å². The van der Waals surface area contributed by atoms with Gasteiger partial charge in [-0.25, -0.2) is 4.79 Å². The summed E-state index contributed by atoms with van der Waals surface area (Å²) < 4.78 is 12.0. The molecule has 0 saturated carbocycles. The normalized spacial score (nSPS) is 12.6. The Morgan fingerprint density at radius 2 is 1.53 bits per heavy atom. The number of rotatable bonds is 15. The highest BCUT2D eigenvalue weighted by Gasteiger charge is 2.37. The Bertz CT molecular complexity index is 579. The number of hydrogen-bond donors (Lipinski definition) is 1. The first-order valence-corrected chi connectivity index (χ1v) is 20.6. The van der Waals surface area contributed by atoms with Crippen LogP contribution in [0.3, 0.4) is 0 Å². The van der Waals surface area contributed by atoms with Gasteiger partial charge in [-0.05, 0) is 57.7 Å². The van der Waals surface area contributed by atoms with Crippen molar-refractivity contribution in [3.8, 4) is 0 Å². The van der Waals surface area contributed by atoms with Crippen molar-refractivity contribution < 1.29 is 23.5 Å².